The molecule has 1 aromatic heterocycles. The Balaban J connectivity index is 2.48. The van der Waals surface area contributed by atoms with Crippen molar-refractivity contribution in [2.24, 2.45) is 5.73 Å². The minimum Gasteiger partial charge on any atom is -0.326 e. The minimum atomic E-state index is -3.96. The molecule has 0 unspecified atom stereocenters. The second-order valence-corrected chi connectivity index (χ2v) is 6.56. The van der Waals surface area contributed by atoms with E-state index in [-0.39, 0.29) is 22.0 Å². The van der Waals surface area contributed by atoms with E-state index < -0.39 is 15.8 Å². The van der Waals surface area contributed by atoms with E-state index in [9.17, 15) is 12.8 Å². The number of nitrogens with two attached hydrogens (primary N) is 1. The molecular weight excluding hydrogens is 319 g/mol. The summed E-state index contributed by atoms with van der Waals surface area (Å²) in [5, 5.41) is 6.38. The van der Waals surface area contributed by atoms with Gasteiger partial charge in [-0.2, -0.15) is 5.10 Å². The van der Waals surface area contributed by atoms with E-state index >= 15 is 0 Å². The number of H-pyrrole nitrogens is 1. The van der Waals surface area contributed by atoms with Crippen LogP contribution < -0.4 is 10.5 Å². The van der Waals surface area contributed by atoms with Gasteiger partial charge in [-0.3, -0.25) is 9.82 Å². The lowest BCUT2D eigenvalue weighted by molar-refractivity contribution is 0.594. The maximum Gasteiger partial charge on any atom is 0.262 e. The van der Waals surface area contributed by atoms with Gasteiger partial charge in [-0.15, -0.1) is 0 Å². The average Bonchev–Trinajstić information content (AvgIpc) is 2.73. The molecule has 9 heteroatoms. The molecule has 4 N–H and O–H groups in total. The lowest BCUT2D eigenvalue weighted by Gasteiger charge is -2.11. The van der Waals surface area contributed by atoms with Crippen molar-refractivity contribution >= 4 is 27.3 Å². The number of benzene rings is 1. The van der Waals surface area contributed by atoms with E-state index in [0.717, 1.165) is 6.07 Å². The number of hydrogen-bond acceptors (Lipinski definition) is 4. The Bertz CT molecular complexity index is 769. The van der Waals surface area contributed by atoms with Crippen molar-refractivity contribution in [3.8, 4) is 0 Å². The van der Waals surface area contributed by atoms with Gasteiger partial charge < -0.3 is 5.73 Å². The Hall–Kier alpha value is -1.64. The van der Waals surface area contributed by atoms with Gasteiger partial charge >= 0.3 is 0 Å². The van der Waals surface area contributed by atoms with Gasteiger partial charge in [0.25, 0.3) is 10.0 Å². The molecule has 6 nitrogen and oxygen atoms in total. The first-order valence-corrected chi connectivity index (χ1v) is 7.84. The number of sulfonamides is 1. The number of nitrogens with zero attached hydrogens (tertiary/aromatic N) is 1. The normalized spacial score (nSPS) is 11.7. The zero-order chi connectivity index (χ0) is 15.8. The molecule has 0 amide bonds. The summed E-state index contributed by atoms with van der Waals surface area (Å²) in [7, 11) is -3.96. The van der Waals surface area contributed by atoms with Crippen molar-refractivity contribution in [2.75, 3.05) is 4.72 Å². The number of aromatic nitrogens is 2. The Labute approximate surface area is 126 Å². The number of nitrogens with one attached hydrogen (secondary N) is 2. The first-order valence-electron chi connectivity index (χ1n) is 5.98. The molecule has 0 saturated heterocycles. The predicted molar refractivity (Wildman–Crippen MR) is 78.2 cm³/mol. The zero-order valence-electron chi connectivity index (χ0n) is 11.4. The van der Waals surface area contributed by atoms with Crippen LogP contribution in [0.1, 0.15) is 17.0 Å². The number of hydrogen-bond donors (Lipinski definition) is 3. The largest absolute Gasteiger partial charge is 0.326 e. The standard InChI is InChI=1S/C12H14ClFN4O2S/c1-6-12(7(2)17-16-6)18-21(19,20)9-3-8(5-15)11(13)10(14)4-9/h3-4,18H,5,15H2,1-2H3,(H,16,17). The highest BCUT2D eigenvalue weighted by molar-refractivity contribution is 7.92. The van der Waals surface area contributed by atoms with Crippen LogP contribution in [0.15, 0.2) is 17.0 Å². The summed E-state index contributed by atoms with van der Waals surface area (Å²) >= 11 is 5.72. The number of halogens is 2. The molecule has 0 aliphatic carbocycles. The van der Waals surface area contributed by atoms with Crippen LogP contribution in [-0.4, -0.2) is 18.6 Å². The third-order valence-electron chi connectivity index (χ3n) is 2.97. The van der Waals surface area contributed by atoms with Gasteiger partial charge in [-0.25, -0.2) is 12.8 Å². The highest BCUT2D eigenvalue weighted by atomic mass is 35.5. The molecule has 0 bridgehead atoms. The first-order chi connectivity index (χ1) is 9.76. The molecule has 0 atom stereocenters. The fourth-order valence-corrected chi connectivity index (χ4v) is 3.25. The van der Waals surface area contributed by atoms with Crippen LogP contribution in [0, 0.1) is 19.7 Å². The molecule has 0 aliphatic rings. The smallest absolute Gasteiger partial charge is 0.262 e. The van der Waals surface area contributed by atoms with Gasteiger partial charge in [0.05, 0.1) is 27.0 Å². The van der Waals surface area contributed by atoms with E-state index in [1.165, 1.54) is 6.07 Å². The highest BCUT2D eigenvalue weighted by Crippen LogP contribution is 2.26. The van der Waals surface area contributed by atoms with E-state index in [4.69, 9.17) is 17.3 Å². The number of aromatic amines is 1. The molecule has 0 fully saturated rings. The lowest BCUT2D eigenvalue weighted by Crippen LogP contribution is -2.15. The molecule has 114 valence electrons. The average molecular weight is 333 g/mol. The van der Waals surface area contributed by atoms with Gasteiger partial charge in [-0.1, -0.05) is 11.6 Å². The molecule has 1 aromatic carbocycles. The second kappa shape index (κ2) is 5.63. The lowest BCUT2D eigenvalue weighted by atomic mass is 10.2. The molecule has 2 aromatic rings. The Morgan fingerprint density at radius 2 is 2.10 bits per heavy atom. The fourth-order valence-electron chi connectivity index (χ4n) is 1.82. The molecule has 1 heterocycles. The number of aryl methyl sites for hydroxylation is 2. The SMILES string of the molecule is Cc1n[nH]c(C)c1NS(=O)(=O)c1cc(F)c(Cl)c(CN)c1. The zero-order valence-corrected chi connectivity index (χ0v) is 12.9. The molecule has 0 saturated carbocycles. The van der Waals surface area contributed by atoms with Gasteiger partial charge in [0.15, 0.2) is 0 Å². The topological polar surface area (TPSA) is 101 Å². The van der Waals surface area contributed by atoms with Crippen LogP contribution in [0.3, 0.4) is 0 Å². The van der Waals surface area contributed by atoms with E-state index in [1.54, 1.807) is 13.8 Å². The summed E-state index contributed by atoms with van der Waals surface area (Å²) in [5.74, 6) is -0.833. The molecule has 2 rings (SSSR count). The number of anilines is 1. The van der Waals surface area contributed by atoms with Gasteiger partial charge in [0.1, 0.15) is 5.82 Å². The summed E-state index contributed by atoms with van der Waals surface area (Å²) in [6.07, 6.45) is 0. The van der Waals surface area contributed by atoms with Crippen molar-refractivity contribution in [3.05, 3.63) is 39.9 Å². The van der Waals surface area contributed by atoms with Crippen LogP contribution in [0.2, 0.25) is 5.02 Å². The monoisotopic (exact) mass is 332 g/mol. The Kier molecular flexibility index (Phi) is 4.22. The van der Waals surface area contributed by atoms with Crippen molar-refractivity contribution in [1.29, 1.82) is 0 Å². The van der Waals surface area contributed by atoms with Crippen LogP contribution in [0.25, 0.3) is 0 Å². The van der Waals surface area contributed by atoms with Crippen LogP contribution in [0.5, 0.6) is 0 Å². The van der Waals surface area contributed by atoms with Crippen molar-refractivity contribution in [2.45, 2.75) is 25.3 Å². The summed E-state index contributed by atoms with van der Waals surface area (Å²) < 4.78 is 40.7. The van der Waals surface area contributed by atoms with Gasteiger partial charge in [0.2, 0.25) is 0 Å². The third kappa shape index (κ3) is 3.02. The highest BCUT2D eigenvalue weighted by Gasteiger charge is 2.21. The van der Waals surface area contributed by atoms with Crippen LogP contribution in [0.4, 0.5) is 10.1 Å². The fraction of sp³-hybridized carbons (Fsp3) is 0.250. The minimum absolute atomic E-state index is 0.0666. The molecule has 21 heavy (non-hydrogen) atoms. The number of rotatable bonds is 4. The van der Waals surface area contributed by atoms with Crippen molar-refractivity contribution in [1.82, 2.24) is 10.2 Å². The molecule has 0 radical (unpaired) electrons. The van der Waals surface area contributed by atoms with Gasteiger partial charge in [-0.05, 0) is 31.5 Å². The van der Waals surface area contributed by atoms with Crippen molar-refractivity contribution in [3.63, 3.8) is 0 Å². The van der Waals surface area contributed by atoms with Gasteiger partial charge in [0, 0.05) is 6.54 Å². The van der Waals surface area contributed by atoms with E-state index in [0.29, 0.717) is 17.1 Å². The quantitative estimate of drug-likeness (QED) is 0.797. The maximum atomic E-state index is 13.7. The predicted octanol–water partition coefficient (Wildman–Crippen LogP) is 2.08. The summed E-state index contributed by atoms with van der Waals surface area (Å²) in [6, 6.07) is 2.10. The van der Waals surface area contributed by atoms with E-state index in [1.807, 2.05) is 0 Å². The molecule has 0 spiro atoms. The summed E-state index contributed by atoms with van der Waals surface area (Å²) in [4.78, 5) is -0.246. The first kappa shape index (κ1) is 15.7. The maximum absolute atomic E-state index is 13.7. The molecular formula is C12H14ClFN4O2S. The third-order valence-corrected chi connectivity index (χ3v) is 4.72. The second-order valence-electron chi connectivity index (χ2n) is 4.50. The van der Waals surface area contributed by atoms with Crippen LogP contribution >= 0.6 is 11.6 Å². The summed E-state index contributed by atoms with van der Waals surface area (Å²) in [5.41, 5.74) is 7.04. The molecule has 0 aliphatic heterocycles. The summed E-state index contributed by atoms with van der Waals surface area (Å²) in [6.45, 7) is 3.25. The van der Waals surface area contributed by atoms with E-state index in [2.05, 4.69) is 14.9 Å². The van der Waals surface area contributed by atoms with Crippen LogP contribution in [-0.2, 0) is 16.6 Å². The Morgan fingerprint density at radius 1 is 1.43 bits per heavy atom. The van der Waals surface area contributed by atoms with Crippen molar-refractivity contribution < 1.29 is 12.8 Å². The Morgan fingerprint density at radius 3 is 2.62 bits per heavy atom.